The largest absolute Gasteiger partial charge is 0.480 e. The lowest BCUT2D eigenvalue weighted by molar-refractivity contribution is -0.141. The molecule has 0 aromatic heterocycles. The fourth-order valence-electron chi connectivity index (χ4n) is 2.02. The van der Waals surface area contributed by atoms with E-state index in [0.717, 1.165) is 11.1 Å². The third-order valence-electron chi connectivity index (χ3n) is 3.42. The number of nitrogens with one attached hydrogen (secondary N) is 2. The monoisotopic (exact) mass is 388 g/mol. The number of aliphatic carboxylic acids is 1. The molecule has 0 bridgehead atoms. The van der Waals surface area contributed by atoms with Gasteiger partial charge in [-0.15, -0.1) is 0 Å². The van der Waals surface area contributed by atoms with Gasteiger partial charge in [0.15, 0.2) is 6.04 Å². The fraction of sp³-hybridized carbons (Fsp3) is 0.211. The Kier molecular flexibility index (Phi) is 8.28. The first-order valence-electron chi connectivity index (χ1n) is 8.33. The van der Waals surface area contributed by atoms with Gasteiger partial charge in [-0.1, -0.05) is 60.7 Å². The zero-order valence-electron chi connectivity index (χ0n) is 14.9. The van der Waals surface area contributed by atoms with Crippen LogP contribution in [0.5, 0.6) is 0 Å². The number of carboxylic acid groups (broad SMARTS) is 1. The Morgan fingerprint density at radius 1 is 0.821 bits per heavy atom. The molecule has 28 heavy (non-hydrogen) atoms. The molecule has 0 aliphatic heterocycles. The minimum absolute atomic E-state index is 0.00999. The maximum Gasteiger partial charge on any atom is 0.431 e. The molecule has 2 aromatic carbocycles. The standard InChI is InChI=1S/C19H20N2O7/c22-17(23)16(20-18(24)26-11-14-7-3-1-4-8-14)13-28-21-19(25)27-12-15-9-5-2-6-10-15/h1-10,16H,11-13H2,(H,20,24)(H,21,25)(H,22,23)/t16-/m0/s1. The summed E-state index contributed by atoms with van der Waals surface area (Å²) in [5.74, 6) is -1.35. The summed E-state index contributed by atoms with van der Waals surface area (Å²) in [6.07, 6.45) is -1.81. The van der Waals surface area contributed by atoms with Gasteiger partial charge >= 0.3 is 18.2 Å². The average Bonchev–Trinajstić information content (AvgIpc) is 2.71. The van der Waals surface area contributed by atoms with Crippen molar-refractivity contribution in [1.29, 1.82) is 0 Å². The Morgan fingerprint density at radius 3 is 1.82 bits per heavy atom. The summed E-state index contributed by atoms with van der Waals surface area (Å²) >= 11 is 0. The van der Waals surface area contributed by atoms with E-state index in [9.17, 15) is 14.4 Å². The van der Waals surface area contributed by atoms with Gasteiger partial charge in [-0.3, -0.25) is 4.84 Å². The minimum Gasteiger partial charge on any atom is -0.480 e. The first-order chi connectivity index (χ1) is 13.5. The number of hydroxylamine groups is 1. The van der Waals surface area contributed by atoms with Crippen molar-refractivity contribution in [3.05, 3.63) is 71.8 Å². The van der Waals surface area contributed by atoms with Crippen LogP contribution in [0.4, 0.5) is 9.59 Å². The van der Waals surface area contributed by atoms with E-state index in [1.165, 1.54) is 0 Å². The Balaban J connectivity index is 1.68. The van der Waals surface area contributed by atoms with E-state index in [-0.39, 0.29) is 13.2 Å². The van der Waals surface area contributed by atoms with Crippen LogP contribution < -0.4 is 10.8 Å². The zero-order chi connectivity index (χ0) is 20.2. The molecule has 0 unspecified atom stereocenters. The lowest BCUT2D eigenvalue weighted by Gasteiger charge is -2.15. The topological polar surface area (TPSA) is 123 Å². The van der Waals surface area contributed by atoms with Crippen molar-refractivity contribution >= 4 is 18.2 Å². The van der Waals surface area contributed by atoms with E-state index in [1.807, 2.05) is 17.6 Å². The molecule has 2 aromatic rings. The Hall–Kier alpha value is -3.59. The number of carboxylic acids is 1. The Bertz CT molecular complexity index is 768. The molecule has 148 valence electrons. The predicted octanol–water partition coefficient (Wildman–Crippen LogP) is 2.22. The van der Waals surface area contributed by atoms with Crippen LogP contribution in [-0.4, -0.2) is 35.9 Å². The first kappa shape index (κ1) is 20.7. The second-order valence-electron chi connectivity index (χ2n) is 5.57. The molecule has 2 amide bonds. The van der Waals surface area contributed by atoms with E-state index in [2.05, 4.69) is 5.32 Å². The van der Waals surface area contributed by atoms with Crippen LogP contribution >= 0.6 is 0 Å². The first-order valence-corrected chi connectivity index (χ1v) is 8.33. The van der Waals surface area contributed by atoms with Gasteiger partial charge in [0.25, 0.3) is 0 Å². The molecule has 2 rings (SSSR count). The number of benzene rings is 2. The maximum atomic E-state index is 11.7. The summed E-state index contributed by atoms with van der Waals surface area (Å²) in [5.41, 5.74) is 3.49. The summed E-state index contributed by atoms with van der Waals surface area (Å²) in [6, 6.07) is 16.5. The van der Waals surface area contributed by atoms with Gasteiger partial charge in [0.2, 0.25) is 0 Å². The Morgan fingerprint density at radius 2 is 1.32 bits per heavy atom. The lowest BCUT2D eigenvalue weighted by atomic mass is 10.2. The van der Waals surface area contributed by atoms with E-state index < -0.39 is 30.8 Å². The van der Waals surface area contributed by atoms with Crippen LogP contribution in [0.1, 0.15) is 11.1 Å². The molecule has 9 heteroatoms. The van der Waals surface area contributed by atoms with Gasteiger partial charge in [0.05, 0.1) is 0 Å². The highest BCUT2D eigenvalue weighted by Gasteiger charge is 2.21. The summed E-state index contributed by atoms with van der Waals surface area (Å²) < 4.78 is 9.85. The van der Waals surface area contributed by atoms with E-state index in [0.29, 0.717) is 0 Å². The molecule has 3 N–H and O–H groups in total. The van der Waals surface area contributed by atoms with Crippen molar-refractivity contribution in [3.8, 4) is 0 Å². The highest BCUT2D eigenvalue weighted by Crippen LogP contribution is 2.02. The number of alkyl carbamates (subject to hydrolysis) is 1. The second-order valence-corrected chi connectivity index (χ2v) is 5.57. The second kappa shape index (κ2) is 11.2. The van der Waals surface area contributed by atoms with E-state index >= 15 is 0 Å². The number of hydrogen-bond donors (Lipinski definition) is 3. The molecule has 0 aliphatic carbocycles. The van der Waals surface area contributed by atoms with Crippen molar-refractivity contribution in [2.45, 2.75) is 19.3 Å². The van der Waals surface area contributed by atoms with Gasteiger partial charge < -0.3 is 19.9 Å². The van der Waals surface area contributed by atoms with Gasteiger partial charge in [-0.25, -0.2) is 14.4 Å². The highest BCUT2D eigenvalue weighted by atomic mass is 16.7. The smallest absolute Gasteiger partial charge is 0.431 e. The fourth-order valence-corrected chi connectivity index (χ4v) is 2.02. The number of carbonyl (C=O) groups excluding carboxylic acids is 2. The zero-order valence-corrected chi connectivity index (χ0v) is 14.9. The predicted molar refractivity (Wildman–Crippen MR) is 96.9 cm³/mol. The summed E-state index contributed by atoms with van der Waals surface area (Å²) in [5, 5.41) is 11.3. The summed E-state index contributed by atoms with van der Waals surface area (Å²) in [6.45, 7) is -0.497. The third kappa shape index (κ3) is 7.75. The molecule has 0 heterocycles. The van der Waals surface area contributed by atoms with Crippen molar-refractivity contribution in [1.82, 2.24) is 10.8 Å². The van der Waals surface area contributed by atoms with E-state index in [4.69, 9.17) is 19.4 Å². The summed E-state index contributed by atoms with van der Waals surface area (Å²) in [7, 11) is 0. The van der Waals surface area contributed by atoms with Crippen LogP contribution in [0.3, 0.4) is 0 Å². The number of rotatable bonds is 9. The Labute approximate surface area is 161 Å². The van der Waals surface area contributed by atoms with Crippen molar-refractivity contribution in [2.24, 2.45) is 0 Å². The van der Waals surface area contributed by atoms with Crippen LogP contribution in [0.25, 0.3) is 0 Å². The molecule has 0 spiro atoms. The molecule has 0 saturated carbocycles. The molecule has 1 atom stereocenters. The maximum absolute atomic E-state index is 11.7. The molecular formula is C19H20N2O7. The third-order valence-corrected chi connectivity index (χ3v) is 3.42. The van der Waals surface area contributed by atoms with Crippen LogP contribution in [0, 0.1) is 0 Å². The van der Waals surface area contributed by atoms with Crippen molar-refractivity contribution in [3.63, 3.8) is 0 Å². The van der Waals surface area contributed by atoms with Crippen LogP contribution in [0.15, 0.2) is 60.7 Å². The normalized spacial score (nSPS) is 11.1. The van der Waals surface area contributed by atoms with Crippen molar-refractivity contribution < 1.29 is 33.8 Å². The number of hydrogen-bond acceptors (Lipinski definition) is 6. The van der Waals surface area contributed by atoms with E-state index in [1.54, 1.807) is 48.5 Å². The van der Waals surface area contributed by atoms with Crippen molar-refractivity contribution in [2.75, 3.05) is 6.61 Å². The molecule has 0 saturated heterocycles. The lowest BCUT2D eigenvalue weighted by Crippen LogP contribution is -2.45. The molecule has 9 nitrogen and oxygen atoms in total. The highest BCUT2D eigenvalue weighted by molar-refractivity contribution is 5.80. The van der Waals surface area contributed by atoms with Gasteiger partial charge in [-0.2, -0.15) is 5.48 Å². The summed E-state index contributed by atoms with van der Waals surface area (Å²) in [4.78, 5) is 39.3. The minimum atomic E-state index is -1.42. The SMILES string of the molecule is O=C(NOC[C@H](NC(=O)OCc1ccccc1)C(=O)O)OCc1ccccc1. The van der Waals surface area contributed by atoms with Gasteiger partial charge in [0, 0.05) is 0 Å². The molecule has 0 radical (unpaired) electrons. The average molecular weight is 388 g/mol. The molecule has 0 fully saturated rings. The molecule has 0 aliphatic rings. The quantitative estimate of drug-likeness (QED) is 0.563. The molecular weight excluding hydrogens is 368 g/mol. The van der Waals surface area contributed by atoms with Crippen LogP contribution in [0.2, 0.25) is 0 Å². The number of carbonyl (C=O) groups is 3. The van der Waals surface area contributed by atoms with Gasteiger partial charge in [0.1, 0.15) is 19.8 Å². The number of amides is 2. The van der Waals surface area contributed by atoms with Crippen LogP contribution in [-0.2, 0) is 32.3 Å². The number of ether oxygens (including phenoxy) is 2. The van der Waals surface area contributed by atoms with Gasteiger partial charge in [-0.05, 0) is 11.1 Å².